The molecule has 3 aromatic carbocycles. The molecule has 0 heterocycles. The lowest BCUT2D eigenvalue weighted by atomic mass is 9.95. The molecule has 42 heavy (non-hydrogen) atoms. The van der Waals surface area contributed by atoms with Gasteiger partial charge >= 0.3 is 5.97 Å². The number of hydrogen-bond donors (Lipinski definition) is 1. The van der Waals surface area contributed by atoms with Crippen LogP contribution in [0.2, 0.25) is 0 Å². The monoisotopic (exact) mass is 575 g/mol. The van der Waals surface area contributed by atoms with Crippen LogP contribution in [-0.2, 0) is 16.0 Å². The fourth-order valence-electron chi connectivity index (χ4n) is 5.29. The lowest BCUT2D eigenvalue weighted by Gasteiger charge is -2.20. The van der Waals surface area contributed by atoms with Crippen LogP contribution in [0.25, 0.3) is 11.1 Å². The minimum Gasteiger partial charge on any atom is -0.493 e. The molecule has 1 aliphatic carbocycles. The van der Waals surface area contributed by atoms with Crippen molar-refractivity contribution in [1.29, 1.82) is 0 Å². The first-order valence-corrected chi connectivity index (χ1v) is 14.0. The van der Waals surface area contributed by atoms with Gasteiger partial charge in [0, 0.05) is 18.4 Å². The van der Waals surface area contributed by atoms with Crippen LogP contribution in [0.1, 0.15) is 55.7 Å². The van der Waals surface area contributed by atoms with Gasteiger partial charge in [-0.15, -0.1) is 0 Å². The maximum Gasteiger partial charge on any atom is 0.311 e. The Morgan fingerprint density at radius 1 is 0.810 bits per heavy atom. The molecule has 1 amide bonds. The summed E-state index contributed by atoms with van der Waals surface area (Å²) < 4.78 is 27.7. The summed E-state index contributed by atoms with van der Waals surface area (Å²) in [5.41, 5.74) is 2.85. The van der Waals surface area contributed by atoms with E-state index in [0.717, 1.165) is 16.7 Å². The van der Waals surface area contributed by atoms with E-state index in [9.17, 15) is 14.4 Å². The summed E-state index contributed by atoms with van der Waals surface area (Å²) in [6, 6.07) is 15.4. The van der Waals surface area contributed by atoms with Crippen molar-refractivity contribution >= 4 is 11.9 Å². The van der Waals surface area contributed by atoms with Crippen molar-refractivity contribution in [2.24, 2.45) is 0 Å². The molecule has 0 bridgehead atoms. The van der Waals surface area contributed by atoms with Crippen molar-refractivity contribution in [2.45, 2.75) is 51.0 Å². The van der Waals surface area contributed by atoms with Crippen LogP contribution in [0.3, 0.4) is 0 Å². The molecular formula is C33H37NO8. The third-order valence-electron chi connectivity index (χ3n) is 7.32. The fourth-order valence-corrected chi connectivity index (χ4v) is 5.29. The van der Waals surface area contributed by atoms with E-state index in [1.54, 1.807) is 39.5 Å². The largest absolute Gasteiger partial charge is 0.493 e. The first-order valence-electron chi connectivity index (χ1n) is 14.0. The normalized spacial score (nSPS) is 13.6. The average molecular weight is 576 g/mol. The van der Waals surface area contributed by atoms with Crippen LogP contribution in [-0.4, -0.2) is 40.3 Å². The van der Waals surface area contributed by atoms with E-state index < -0.39 is 6.04 Å². The Morgan fingerprint density at radius 2 is 1.52 bits per heavy atom. The van der Waals surface area contributed by atoms with Crippen LogP contribution in [0.4, 0.5) is 0 Å². The quantitative estimate of drug-likeness (QED) is 0.174. The summed E-state index contributed by atoms with van der Waals surface area (Å²) in [4.78, 5) is 38.2. The second-order valence-corrected chi connectivity index (χ2v) is 9.97. The predicted molar refractivity (Wildman–Crippen MR) is 159 cm³/mol. The number of hydrogen-bond acceptors (Lipinski definition) is 8. The fraction of sp³-hybridized carbons (Fsp3) is 0.364. The molecule has 0 saturated carbocycles. The van der Waals surface area contributed by atoms with E-state index in [0.29, 0.717) is 67.1 Å². The van der Waals surface area contributed by atoms with Crippen LogP contribution in [0.5, 0.6) is 28.7 Å². The summed E-state index contributed by atoms with van der Waals surface area (Å²) in [5, 5.41) is 3.14. The number of carbonyl (C=O) groups excluding carboxylic acids is 2. The van der Waals surface area contributed by atoms with E-state index in [1.807, 2.05) is 30.3 Å². The van der Waals surface area contributed by atoms with E-state index in [1.165, 1.54) is 13.2 Å². The third-order valence-corrected chi connectivity index (χ3v) is 7.32. The summed E-state index contributed by atoms with van der Waals surface area (Å²) >= 11 is 0. The Kier molecular flexibility index (Phi) is 10.4. The third kappa shape index (κ3) is 7.02. The Bertz CT molecular complexity index is 1470. The lowest BCUT2D eigenvalue weighted by Crippen LogP contribution is -2.28. The number of benzene rings is 2. The van der Waals surface area contributed by atoms with Crippen LogP contribution < -0.4 is 34.4 Å². The zero-order valence-corrected chi connectivity index (χ0v) is 24.5. The minimum atomic E-state index is -0.424. The number of rotatable bonds is 12. The zero-order chi connectivity index (χ0) is 30.1. The molecule has 9 heteroatoms. The zero-order valence-electron chi connectivity index (χ0n) is 24.5. The Hall–Kier alpha value is -4.53. The Morgan fingerprint density at radius 3 is 2.21 bits per heavy atom. The molecule has 4 rings (SSSR count). The lowest BCUT2D eigenvalue weighted by molar-refractivity contribution is -0.134. The molecule has 9 nitrogen and oxygen atoms in total. The van der Waals surface area contributed by atoms with Gasteiger partial charge in [0.25, 0.3) is 0 Å². The van der Waals surface area contributed by atoms with Gasteiger partial charge in [-0.25, -0.2) is 0 Å². The molecule has 0 unspecified atom stereocenters. The minimum absolute atomic E-state index is 0.128. The standard InChI is InChI=1S/C33H37NO8/c1-38-27-18-16-23-24(20-26(27)35)25(17-15-21-19-28(39-2)32(40-3)33(41-4)31(21)23)34-29(36)13-9-6-10-14-30(37)42-22-11-7-5-8-12-22/h5,7-8,11-12,16,18-20,25H,6,9-10,13-15,17H2,1-4H3,(H,34,36)/t25-/m0/s1. The highest BCUT2D eigenvalue weighted by atomic mass is 16.5. The van der Waals surface area contributed by atoms with Crippen LogP contribution >= 0.6 is 0 Å². The Labute approximate surface area is 245 Å². The number of methoxy groups -OCH3 is 4. The van der Waals surface area contributed by atoms with Gasteiger partial charge in [0.2, 0.25) is 17.1 Å². The summed E-state index contributed by atoms with van der Waals surface area (Å²) in [6.07, 6.45) is 3.69. The number of unbranched alkanes of at least 4 members (excludes halogenated alkanes) is 2. The summed E-state index contributed by atoms with van der Waals surface area (Å²) in [7, 11) is 6.12. The van der Waals surface area contributed by atoms with Crippen molar-refractivity contribution in [3.63, 3.8) is 0 Å². The van der Waals surface area contributed by atoms with Gasteiger partial charge in [-0.1, -0.05) is 30.7 Å². The maximum atomic E-state index is 13.1. The first kappa shape index (κ1) is 30.4. The SMILES string of the molecule is COc1cc2c(c(OC)c1OC)-c1ccc(OC)c(=O)cc1[C@@H](NC(=O)CCCCCC(=O)Oc1ccccc1)CC2. The highest BCUT2D eigenvalue weighted by Gasteiger charge is 2.29. The molecule has 0 spiro atoms. The van der Waals surface area contributed by atoms with Crippen molar-refractivity contribution in [2.75, 3.05) is 28.4 Å². The number of aryl methyl sites for hydroxylation is 1. The molecule has 1 atom stereocenters. The van der Waals surface area contributed by atoms with Crippen molar-refractivity contribution < 1.29 is 33.3 Å². The van der Waals surface area contributed by atoms with Gasteiger partial charge in [-0.3, -0.25) is 14.4 Å². The number of amides is 1. The number of carbonyl (C=O) groups is 2. The topological polar surface area (TPSA) is 109 Å². The van der Waals surface area contributed by atoms with Gasteiger partial charge in [-0.2, -0.15) is 0 Å². The molecule has 0 saturated heterocycles. The number of para-hydroxylation sites is 1. The summed E-state index contributed by atoms with van der Waals surface area (Å²) in [5.74, 6) is 1.77. The molecule has 0 fully saturated rings. The molecule has 0 aliphatic heterocycles. The molecule has 0 aromatic heterocycles. The van der Waals surface area contributed by atoms with Crippen LogP contribution in [0.15, 0.2) is 59.4 Å². The van der Waals surface area contributed by atoms with Crippen molar-refractivity contribution in [3.8, 4) is 39.9 Å². The van der Waals surface area contributed by atoms with Crippen molar-refractivity contribution in [1.82, 2.24) is 5.32 Å². The smallest absolute Gasteiger partial charge is 0.311 e. The van der Waals surface area contributed by atoms with E-state index >= 15 is 0 Å². The maximum absolute atomic E-state index is 13.1. The van der Waals surface area contributed by atoms with Gasteiger partial charge < -0.3 is 29.0 Å². The highest BCUT2D eigenvalue weighted by molar-refractivity contribution is 5.84. The van der Waals surface area contributed by atoms with Gasteiger partial charge in [0.15, 0.2) is 17.2 Å². The number of esters is 1. The average Bonchev–Trinajstić information content (AvgIpc) is 3.24. The van der Waals surface area contributed by atoms with E-state index in [4.69, 9.17) is 23.7 Å². The molecular weight excluding hydrogens is 538 g/mol. The number of nitrogens with one attached hydrogen (secondary N) is 1. The van der Waals surface area contributed by atoms with Gasteiger partial charge in [0.05, 0.1) is 34.5 Å². The van der Waals surface area contributed by atoms with Gasteiger partial charge in [-0.05, 0) is 72.7 Å². The Balaban J connectivity index is 1.50. The molecule has 3 aromatic rings. The predicted octanol–water partition coefficient (Wildman–Crippen LogP) is 5.41. The number of fused-ring (bicyclic) bond motifs is 3. The van der Waals surface area contributed by atoms with E-state index in [2.05, 4.69) is 5.32 Å². The highest BCUT2D eigenvalue weighted by Crippen LogP contribution is 2.50. The number of ether oxygens (including phenoxy) is 5. The summed E-state index contributed by atoms with van der Waals surface area (Å²) in [6.45, 7) is 0. The molecule has 1 N–H and O–H groups in total. The second-order valence-electron chi connectivity index (χ2n) is 9.97. The second kappa shape index (κ2) is 14.4. The van der Waals surface area contributed by atoms with Gasteiger partial charge in [0.1, 0.15) is 5.75 Å². The van der Waals surface area contributed by atoms with Crippen LogP contribution in [0, 0.1) is 0 Å². The molecule has 222 valence electrons. The molecule has 0 radical (unpaired) electrons. The first-order chi connectivity index (χ1) is 20.4. The molecule has 1 aliphatic rings. The van der Waals surface area contributed by atoms with E-state index in [-0.39, 0.29) is 29.5 Å². The van der Waals surface area contributed by atoms with Crippen molar-refractivity contribution in [3.05, 3.63) is 75.9 Å².